The molecule has 1 heterocycles. The number of urea groups is 2. The molecular formula is C26H31ClF3N5O3. The van der Waals surface area contributed by atoms with Crippen molar-refractivity contribution in [2.24, 2.45) is 5.92 Å². The van der Waals surface area contributed by atoms with Gasteiger partial charge < -0.3 is 25.8 Å². The second-order valence-electron chi connectivity index (χ2n) is 9.27. The number of para-hydroxylation sites is 1. The molecule has 3 unspecified atom stereocenters. The van der Waals surface area contributed by atoms with Crippen molar-refractivity contribution >= 4 is 40.9 Å². The Morgan fingerprint density at radius 1 is 1.05 bits per heavy atom. The number of benzene rings is 2. The van der Waals surface area contributed by atoms with E-state index in [4.69, 9.17) is 11.6 Å². The number of anilines is 2. The second-order valence-corrected chi connectivity index (χ2v) is 9.71. The molecular weight excluding hydrogens is 523 g/mol. The molecule has 2 aromatic carbocycles. The summed E-state index contributed by atoms with van der Waals surface area (Å²) in [6.07, 6.45) is -4.10. The maximum atomic E-state index is 13.4. The van der Waals surface area contributed by atoms with Crippen LogP contribution in [0.1, 0.15) is 32.8 Å². The van der Waals surface area contributed by atoms with Gasteiger partial charge in [-0.25, -0.2) is 9.59 Å². The molecule has 38 heavy (non-hydrogen) atoms. The number of hydrogen-bond donors (Lipinski definition) is 3. The monoisotopic (exact) mass is 553 g/mol. The molecule has 0 radical (unpaired) electrons. The Bertz CT molecular complexity index is 1150. The highest BCUT2D eigenvalue weighted by atomic mass is 35.5. The van der Waals surface area contributed by atoms with Crippen LogP contribution in [-0.2, 0) is 11.0 Å². The first kappa shape index (κ1) is 29.1. The molecule has 0 saturated carbocycles. The van der Waals surface area contributed by atoms with Crippen LogP contribution in [0.4, 0.5) is 34.1 Å². The van der Waals surface area contributed by atoms with E-state index in [-0.39, 0.29) is 43.5 Å². The fourth-order valence-corrected chi connectivity index (χ4v) is 4.33. The number of alkyl halides is 3. The standard InChI is InChI=1S/C26H31ClF3N5O3/c1-4-16(2)22(33-24(37)32-21-8-6-5-7-20(21)26(28,29)30)23(36)34-13-14-35(17(3)15-34)25(38)31-19-11-9-18(27)10-12-19/h5-12,16-17,22H,4,13-15H2,1-3H3,(H,31,38)(H2,32,33,37). The van der Waals surface area contributed by atoms with Gasteiger partial charge >= 0.3 is 18.2 Å². The van der Waals surface area contributed by atoms with Crippen molar-refractivity contribution in [2.45, 2.75) is 45.5 Å². The largest absolute Gasteiger partial charge is 0.418 e. The van der Waals surface area contributed by atoms with Crippen molar-refractivity contribution in [3.63, 3.8) is 0 Å². The van der Waals surface area contributed by atoms with E-state index in [9.17, 15) is 27.6 Å². The summed E-state index contributed by atoms with van der Waals surface area (Å²) in [5.41, 5.74) is -0.797. The number of rotatable bonds is 6. The van der Waals surface area contributed by atoms with Crippen molar-refractivity contribution < 1.29 is 27.6 Å². The third-order valence-electron chi connectivity index (χ3n) is 6.54. The molecule has 0 spiro atoms. The van der Waals surface area contributed by atoms with Crippen molar-refractivity contribution in [1.29, 1.82) is 0 Å². The molecule has 1 saturated heterocycles. The van der Waals surface area contributed by atoms with Crippen LogP contribution in [0, 0.1) is 5.92 Å². The highest BCUT2D eigenvalue weighted by Gasteiger charge is 2.36. The van der Waals surface area contributed by atoms with Gasteiger partial charge in [-0.3, -0.25) is 4.79 Å². The van der Waals surface area contributed by atoms with E-state index in [1.165, 1.54) is 12.1 Å². The Hall–Kier alpha value is -3.47. The van der Waals surface area contributed by atoms with E-state index in [1.54, 1.807) is 41.0 Å². The fraction of sp³-hybridized carbons (Fsp3) is 0.423. The molecule has 2 aromatic rings. The molecule has 3 N–H and O–H groups in total. The molecule has 8 nitrogen and oxygen atoms in total. The SMILES string of the molecule is CCC(C)C(NC(=O)Nc1ccccc1C(F)(F)F)C(=O)N1CCN(C(=O)Nc2ccc(Cl)cc2)C(C)C1. The number of amides is 5. The van der Waals surface area contributed by atoms with Gasteiger partial charge in [-0.15, -0.1) is 0 Å². The van der Waals surface area contributed by atoms with Gasteiger partial charge in [0.1, 0.15) is 6.04 Å². The zero-order valence-electron chi connectivity index (χ0n) is 21.3. The molecule has 5 amide bonds. The molecule has 3 rings (SSSR count). The highest BCUT2D eigenvalue weighted by Crippen LogP contribution is 2.34. The van der Waals surface area contributed by atoms with Gasteiger partial charge in [-0.1, -0.05) is 44.0 Å². The zero-order valence-corrected chi connectivity index (χ0v) is 22.1. The van der Waals surface area contributed by atoms with Gasteiger partial charge in [-0.05, 0) is 49.2 Å². The van der Waals surface area contributed by atoms with Crippen LogP contribution in [0.3, 0.4) is 0 Å². The topological polar surface area (TPSA) is 93.8 Å². The van der Waals surface area contributed by atoms with Gasteiger partial charge in [0.2, 0.25) is 5.91 Å². The van der Waals surface area contributed by atoms with E-state index in [0.717, 1.165) is 12.1 Å². The van der Waals surface area contributed by atoms with Gasteiger partial charge in [0.25, 0.3) is 0 Å². The average Bonchev–Trinajstić information content (AvgIpc) is 2.87. The normalized spacial score (nSPS) is 17.4. The van der Waals surface area contributed by atoms with Crippen LogP contribution < -0.4 is 16.0 Å². The van der Waals surface area contributed by atoms with Gasteiger partial charge in [0, 0.05) is 36.4 Å². The predicted molar refractivity (Wildman–Crippen MR) is 140 cm³/mol. The van der Waals surface area contributed by atoms with Gasteiger partial charge in [0.05, 0.1) is 11.3 Å². The number of halogens is 4. The maximum Gasteiger partial charge on any atom is 0.418 e. The van der Waals surface area contributed by atoms with Crippen LogP contribution in [0.25, 0.3) is 0 Å². The molecule has 0 aromatic heterocycles. The minimum absolute atomic E-state index is 0.236. The van der Waals surface area contributed by atoms with Crippen molar-refractivity contribution in [2.75, 3.05) is 30.3 Å². The molecule has 206 valence electrons. The third kappa shape index (κ3) is 7.31. The lowest BCUT2D eigenvalue weighted by Crippen LogP contribution is -2.60. The first-order chi connectivity index (χ1) is 17.9. The zero-order chi connectivity index (χ0) is 28.0. The molecule has 12 heteroatoms. The molecule has 0 bridgehead atoms. The first-order valence-electron chi connectivity index (χ1n) is 12.3. The predicted octanol–water partition coefficient (Wildman–Crippen LogP) is 5.66. The lowest BCUT2D eigenvalue weighted by atomic mass is 9.97. The summed E-state index contributed by atoms with van der Waals surface area (Å²) in [4.78, 5) is 42.1. The van der Waals surface area contributed by atoms with E-state index in [1.807, 2.05) is 13.8 Å². The van der Waals surface area contributed by atoms with Crippen LogP contribution in [0.2, 0.25) is 5.02 Å². The minimum atomic E-state index is -4.65. The molecule has 3 atom stereocenters. The number of piperazine rings is 1. The van der Waals surface area contributed by atoms with Crippen LogP contribution >= 0.6 is 11.6 Å². The number of nitrogens with one attached hydrogen (secondary N) is 3. The molecule has 1 fully saturated rings. The maximum absolute atomic E-state index is 13.4. The van der Waals surface area contributed by atoms with Crippen LogP contribution in [0.15, 0.2) is 48.5 Å². The van der Waals surface area contributed by atoms with Crippen molar-refractivity contribution in [1.82, 2.24) is 15.1 Å². The summed E-state index contributed by atoms with van der Waals surface area (Å²) in [6.45, 7) is 6.19. The Morgan fingerprint density at radius 2 is 1.71 bits per heavy atom. The first-order valence-corrected chi connectivity index (χ1v) is 12.6. The summed E-state index contributed by atoms with van der Waals surface area (Å²) >= 11 is 5.88. The van der Waals surface area contributed by atoms with Crippen molar-refractivity contribution in [3.05, 3.63) is 59.1 Å². The van der Waals surface area contributed by atoms with E-state index in [0.29, 0.717) is 17.1 Å². The number of carbonyl (C=O) groups is 3. The van der Waals surface area contributed by atoms with E-state index in [2.05, 4.69) is 16.0 Å². The van der Waals surface area contributed by atoms with Gasteiger partial charge in [0.15, 0.2) is 0 Å². The summed E-state index contributed by atoms with van der Waals surface area (Å²) < 4.78 is 39.9. The minimum Gasteiger partial charge on any atom is -0.337 e. The molecule has 1 aliphatic heterocycles. The quantitative estimate of drug-likeness (QED) is 0.431. The van der Waals surface area contributed by atoms with E-state index < -0.39 is 29.5 Å². The highest BCUT2D eigenvalue weighted by molar-refractivity contribution is 6.30. The Balaban J connectivity index is 1.65. The third-order valence-corrected chi connectivity index (χ3v) is 6.79. The lowest BCUT2D eigenvalue weighted by molar-refractivity contribution is -0.137. The summed E-state index contributed by atoms with van der Waals surface area (Å²) in [5, 5.41) is 8.15. The van der Waals surface area contributed by atoms with Gasteiger partial charge in [-0.2, -0.15) is 13.2 Å². The Kier molecular flexibility index (Phi) is 9.48. The number of carbonyl (C=O) groups excluding carboxylic acids is 3. The number of hydrogen-bond acceptors (Lipinski definition) is 3. The van der Waals surface area contributed by atoms with Crippen LogP contribution in [0.5, 0.6) is 0 Å². The summed E-state index contributed by atoms with van der Waals surface area (Å²) in [6, 6.07) is 8.84. The van der Waals surface area contributed by atoms with Crippen LogP contribution in [-0.4, -0.2) is 59.5 Å². The fourth-order valence-electron chi connectivity index (χ4n) is 4.21. The number of nitrogens with zero attached hydrogens (tertiary/aromatic N) is 2. The summed E-state index contributed by atoms with van der Waals surface area (Å²) in [5.74, 6) is -0.643. The Morgan fingerprint density at radius 3 is 2.32 bits per heavy atom. The Labute approximate surface area is 224 Å². The smallest absolute Gasteiger partial charge is 0.337 e. The molecule has 0 aliphatic carbocycles. The van der Waals surface area contributed by atoms with Crippen molar-refractivity contribution in [3.8, 4) is 0 Å². The lowest BCUT2D eigenvalue weighted by Gasteiger charge is -2.41. The summed E-state index contributed by atoms with van der Waals surface area (Å²) in [7, 11) is 0. The average molecular weight is 554 g/mol. The second kappa shape index (κ2) is 12.4. The molecule has 1 aliphatic rings. The van der Waals surface area contributed by atoms with E-state index >= 15 is 0 Å².